The molecule has 0 aliphatic heterocycles. The Morgan fingerprint density at radius 3 is 2.16 bits per heavy atom. The number of hydrogen-bond acceptors (Lipinski definition) is 0. The van der Waals surface area contributed by atoms with Crippen molar-refractivity contribution in [3.8, 4) is 0 Å². The molecule has 0 bridgehead atoms. The van der Waals surface area contributed by atoms with E-state index in [0.29, 0.717) is 0 Å². The van der Waals surface area contributed by atoms with Gasteiger partial charge in [-0.1, -0.05) is 50.1 Å². The Balaban J connectivity index is 2.56. The van der Waals surface area contributed by atoms with Crippen molar-refractivity contribution in [2.45, 2.75) is 25.6 Å². The Morgan fingerprint density at radius 1 is 1.00 bits per heavy atom. The summed E-state index contributed by atoms with van der Waals surface area (Å²) < 4.78 is 14.5. The van der Waals surface area contributed by atoms with Crippen molar-refractivity contribution in [1.29, 1.82) is 0 Å². The lowest BCUT2D eigenvalue weighted by Crippen LogP contribution is -2.01. The minimum atomic E-state index is -0.179. The molecule has 1 atom stereocenters. The molecule has 0 heterocycles. The maximum Gasteiger partial charge on any atom is 0.123 e. The minimum Gasteiger partial charge on any atom is -0.207 e. The van der Waals surface area contributed by atoms with Gasteiger partial charge < -0.3 is 0 Å². The highest BCUT2D eigenvalue weighted by Gasteiger charge is 2.19. The quantitative estimate of drug-likeness (QED) is 0.556. The highest BCUT2D eigenvalue weighted by Crippen LogP contribution is 2.39. The largest absolute Gasteiger partial charge is 0.207 e. The fourth-order valence-electron chi connectivity index (χ4n) is 2.34. The molecule has 0 aliphatic rings. The van der Waals surface area contributed by atoms with Crippen LogP contribution in [0.5, 0.6) is 0 Å². The fraction of sp³-hybridized carbons (Fsp3) is 0.250. The van der Waals surface area contributed by atoms with Crippen molar-refractivity contribution in [3.63, 3.8) is 0 Å². The average Bonchev–Trinajstić information content (AvgIpc) is 2.31. The molecule has 2 aromatic rings. The number of benzene rings is 2. The SMILES string of the molecule is Cc1cccc(C(Br)c2c(C)cc(F)cc2C)c1Br. The molecule has 2 aromatic carbocycles. The van der Waals surface area contributed by atoms with Crippen molar-refractivity contribution in [2.24, 2.45) is 0 Å². The second-order valence-electron chi connectivity index (χ2n) is 4.79. The molecule has 0 N–H and O–H groups in total. The van der Waals surface area contributed by atoms with Crippen LogP contribution in [0, 0.1) is 26.6 Å². The third kappa shape index (κ3) is 2.92. The maximum atomic E-state index is 13.4. The summed E-state index contributed by atoms with van der Waals surface area (Å²) in [7, 11) is 0. The van der Waals surface area contributed by atoms with Crippen molar-refractivity contribution in [1.82, 2.24) is 0 Å². The van der Waals surface area contributed by atoms with E-state index < -0.39 is 0 Å². The Morgan fingerprint density at radius 2 is 1.58 bits per heavy atom. The van der Waals surface area contributed by atoms with Gasteiger partial charge in [0.2, 0.25) is 0 Å². The second-order valence-corrected chi connectivity index (χ2v) is 6.50. The van der Waals surface area contributed by atoms with E-state index in [2.05, 4.69) is 50.9 Å². The van der Waals surface area contributed by atoms with Gasteiger partial charge in [0.05, 0.1) is 4.83 Å². The number of halogens is 3. The lowest BCUT2D eigenvalue weighted by molar-refractivity contribution is 0.624. The molecule has 0 saturated carbocycles. The molecule has 3 heteroatoms. The summed E-state index contributed by atoms with van der Waals surface area (Å²) >= 11 is 7.39. The number of alkyl halides is 1. The second kappa shape index (κ2) is 5.76. The number of rotatable bonds is 2. The van der Waals surface area contributed by atoms with Crippen LogP contribution in [-0.2, 0) is 0 Å². The van der Waals surface area contributed by atoms with Crippen LogP contribution in [-0.4, -0.2) is 0 Å². The van der Waals surface area contributed by atoms with E-state index in [-0.39, 0.29) is 10.6 Å². The standard InChI is InChI=1S/C16H15Br2F/c1-9-5-4-6-13(15(9)17)16(18)14-10(2)7-12(19)8-11(14)3/h4-8,16H,1-3H3. The van der Waals surface area contributed by atoms with Crippen LogP contribution in [0.3, 0.4) is 0 Å². The highest BCUT2D eigenvalue weighted by atomic mass is 79.9. The predicted molar refractivity (Wildman–Crippen MR) is 85.5 cm³/mol. The molecule has 2 rings (SSSR count). The molecule has 100 valence electrons. The van der Waals surface area contributed by atoms with Gasteiger partial charge in [0, 0.05) is 4.47 Å². The molecule has 0 radical (unpaired) electrons. The first kappa shape index (κ1) is 14.7. The van der Waals surface area contributed by atoms with Gasteiger partial charge in [0.15, 0.2) is 0 Å². The van der Waals surface area contributed by atoms with Crippen LogP contribution in [0.4, 0.5) is 4.39 Å². The van der Waals surface area contributed by atoms with Crippen LogP contribution in [0.1, 0.15) is 32.6 Å². The van der Waals surface area contributed by atoms with Gasteiger partial charge in [-0.15, -0.1) is 0 Å². The molecule has 19 heavy (non-hydrogen) atoms. The Hall–Kier alpha value is -0.670. The molecule has 0 fully saturated rings. The Labute approximate surface area is 130 Å². The molecule has 0 aliphatic carbocycles. The monoisotopic (exact) mass is 384 g/mol. The van der Waals surface area contributed by atoms with E-state index in [1.807, 2.05) is 19.9 Å². The van der Waals surface area contributed by atoms with Gasteiger partial charge in [-0.05, 0) is 60.7 Å². The zero-order valence-corrected chi connectivity index (χ0v) is 14.3. The number of hydrogen-bond donors (Lipinski definition) is 0. The lowest BCUT2D eigenvalue weighted by atomic mass is 9.95. The van der Waals surface area contributed by atoms with Crippen LogP contribution in [0.25, 0.3) is 0 Å². The first-order valence-corrected chi connectivity index (χ1v) is 7.78. The van der Waals surface area contributed by atoms with Gasteiger partial charge in [0.1, 0.15) is 5.82 Å². The minimum absolute atomic E-state index is 0.0578. The van der Waals surface area contributed by atoms with E-state index in [0.717, 1.165) is 26.7 Å². The summed E-state index contributed by atoms with van der Waals surface area (Å²) in [5.74, 6) is -0.179. The van der Waals surface area contributed by atoms with Crippen molar-refractivity contribution < 1.29 is 4.39 Å². The molecular formula is C16H15Br2F. The zero-order chi connectivity index (χ0) is 14.2. The smallest absolute Gasteiger partial charge is 0.123 e. The Bertz CT molecular complexity index is 597. The summed E-state index contributed by atoms with van der Waals surface area (Å²) in [4.78, 5) is 0.0578. The van der Waals surface area contributed by atoms with E-state index in [1.165, 1.54) is 5.56 Å². The van der Waals surface area contributed by atoms with Gasteiger partial charge in [-0.25, -0.2) is 4.39 Å². The third-order valence-electron chi connectivity index (χ3n) is 3.31. The van der Waals surface area contributed by atoms with E-state index in [9.17, 15) is 4.39 Å². The molecule has 0 amide bonds. The summed E-state index contributed by atoms with van der Waals surface area (Å²) in [6.45, 7) is 5.96. The van der Waals surface area contributed by atoms with Gasteiger partial charge in [-0.2, -0.15) is 0 Å². The molecule has 0 saturated heterocycles. The van der Waals surface area contributed by atoms with Crippen LogP contribution >= 0.6 is 31.9 Å². The third-order valence-corrected chi connectivity index (χ3v) is 5.34. The topological polar surface area (TPSA) is 0 Å². The summed E-state index contributed by atoms with van der Waals surface area (Å²) in [5.41, 5.74) is 5.42. The molecule has 1 unspecified atom stereocenters. The lowest BCUT2D eigenvalue weighted by Gasteiger charge is -2.19. The normalized spacial score (nSPS) is 12.5. The molecule has 0 spiro atoms. The fourth-order valence-corrected chi connectivity index (χ4v) is 4.25. The maximum absolute atomic E-state index is 13.4. The summed E-state index contributed by atoms with van der Waals surface area (Å²) in [5, 5.41) is 0. The predicted octanol–water partition coefficient (Wildman–Crippen LogP) is 6.00. The highest BCUT2D eigenvalue weighted by molar-refractivity contribution is 9.11. The van der Waals surface area contributed by atoms with E-state index >= 15 is 0 Å². The first-order chi connectivity index (χ1) is 8.91. The Kier molecular flexibility index (Phi) is 4.46. The molecular weight excluding hydrogens is 371 g/mol. The van der Waals surface area contributed by atoms with Crippen molar-refractivity contribution in [2.75, 3.05) is 0 Å². The van der Waals surface area contributed by atoms with Crippen molar-refractivity contribution in [3.05, 3.63) is 68.4 Å². The van der Waals surface area contributed by atoms with Crippen LogP contribution in [0.15, 0.2) is 34.8 Å². The first-order valence-electron chi connectivity index (χ1n) is 6.07. The van der Waals surface area contributed by atoms with Crippen LogP contribution in [0.2, 0.25) is 0 Å². The van der Waals surface area contributed by atoms with Crippen molar-refractivity contribution >= 4 is 31.9 Å². The van der Waals surface area contributed by atoms with E-state index in [1.54, 1.807) is 12.1 Å². The van der Waals surface area contributed by atoms with E-state index in [4.69, 9.17) is 0 Å². The number of aryl methyl sites for hydroxylation is 3. The van der Waals surface area contributed by atoms with Gasteiger partial charge in [-0.3, -0.25) is 0 Å². The average molecular weight is 386 g/mol. The summed E-state index contributed by atoms with van der Waals surface area (Å²) in [6, 6.07) is 9.36. The van der Waals surface area contributed by atoms with Gasteiger partial charge in [0.25, 0.3) is 0 Å². The van der Waals surface area contributed by atoms with Gasteiger partial charge >= 0.3 is 0 Å². The molecule has 0 nitrogen and oxygen atoms in total. The zero-order valence-electron chi connectivity index (χ0n) is 11.1. The summed E-state index contributed by atoms with van der Waals surface area (Å²) in [6.07, 6.45) is 0. The van der Waals surface area contributed by atoms with Crippen LogP contribution < -0.4 is 0 Å². The molecule has 0 aromatic heterocycles.